The molecule has 15 heteroatoms. The molecule has 0 aromatic heterocycles. The lowest BCUT2D eigenvalue weighted by Gasteiger charge is -2.18. The summed E-state index contributed by atoms with van der Waals surface area (Å²) in [5.41, 5.74) is -12.5. The summed E-state index contributed by atoms with van der Waals surface area (Å²) in [6.45, 7) is 0. The highest BCUT2D eigenvalue weighted by atomic mass is 19.4. The van der Waals surface area contributed by atoms with Crippen molar-refractivity contribution in [3.63, 3.8) is 0 Å². The molecule has 0 atom stereocenters. The van der Waals surface area contributed by atoms with Crippen LogP contribution in [0.5, 0.6) is 0 Å². The fraction of sp³-hybridized carbons (Fsp3) is 0.0526. The monoisotopic (exact) mass is 514 g/mol. The molecule has 0 spiro atoms. The van der Waals surface area contributed by atoms with Gasteiger partial charge in [0.25, 0.3) is 0 Å². The van der Waals surface area contributed by atoms with E-state index in [-0.39, 0.29) is 0 Å². The molecule has 3 aromatic rings. The maximum absolute atomic E-state index is 14.5. The zero-order valence-electron chi connectivity index (χ0n) is 15.2. The van der Waals surface area contributed by atoms with Gasteiger partial charge in [-0.1, -0.05) is 0 Å². The normalized spacial score (nSPS) is 12.0. The van der Waals surface area contributed by atoms with Gasteiger partial charge in [0.1, 0.15) is 0 Å². The van der Waals surface area contributed by atoms with Crippen LogP contribution in [0.2, 0.25) is 0 Å². The highest BCUT2D eigenvalue weighted by molar-refractivity contribution is 5.86. The fourth-order valence-electron chi connectivity index (χ4n) is 2.94. The molecule has 0 N–H and O–H groups in total. The molecule has 0 radical (unpaired) electrons. The summed E-state index contributed by atoms with van der Waals surface area (Å²) in [5.74, 6) is -35.3. The molecule has 0 saturated heterocycles. The standard InChI is InChI=1S/C19HF15/c20-7-2(1-3(19(32,33)34)8(21)13(7)26)4-5(10(23)15(28)14(27)9(4)22)6-11(24)16(29)18(31)17(30)12(6)25/h1H. The highest BCUT2D eigenvalue weighted by Crippen LogP contribution is 2.45. The molecule has 0 heterocycles. The van der Waals surface area contributed by atoms with E-state index in [4.69, 9.17) is 0 Å². The second kappa shape index (κ2) is 8.13. The predicted octanol–water partition coefficient (Wildman–Crippen LogP) is 7.71. The summed E-state index contributed by atoms with van der Waals surface area (Å²) in [5, 5.41) is 0. The topological polar surface area (TPSA) is 0 Å². The van der Waals surface area contributed by atoms with Gasteiger partial charge >= 0.3 is 6.18 Å². The van der Waals surface area contributed by atoms with Crippen LogP contribution in [0, 0.1) is 69.8 Å². The molecule has 0 aliphatic heterocycles. The molecule has 0 saturated carbocycles. The molecule has 3 aromatic carbocycles. The molecule has 34 heavy (non-hydrogen) atoms. The lowest BCUT2D eigenvalue weighted by atomic mass is 9.90. The Labute approximate surface area is 176 Å². The predicted molar refractivity (Wildman–Crippen MR) is 81.8 cm³/mol. The molecule has 0 aliphatic carbocycles. The van der Waals surface area contributed by atoms with Gasteiger partial charge in [-0.15, -0.1) is 0 Å². The number of hydrogen-bond donors (Lipinski definition) is 0. The van der Waals surface area contributed by atoms with Gasteiger partial charge in [-0.2, -0.15) is 13.2 Å². The summed E-state index contributed by atoms with van der Waals surface area (Å²) in [6.07, 6.45) is -5.88. The van der Waals surface area contributed by atoms with Gasteiger partial charge < -0.3 is 0 Å². The van der Waals surface area contributed by atoms with Crippen molar-refractivity contribution in [3.05, 3.63) is 81.4 Å². The lowest BCUT2D eigenvalue weighted by molar-refractivity contribution is -0.140. The van der Waals surface area contributed by atoms with Gasteiger partial charge in [0, 0.05) is 16.7 Å². The van der Waals surface area contributed by atoms with E-state index in [1.165, 1.54) is 0 Å². The third-order valence-electron chi connectivity index (χ3n) is 4.45. The Morgan fingerprint density at radius 1 is 0.353 bits per heavy atom. The van der Waals surface area contributed by atoms with Crippen LogP contribution < -0.4 is 0 Å². The summed E-state index contributed by atoms with van der Waals surface area (Å²) in [6, 6.07) is -0.807. The van der Waals surface area contributed by atoms with Crippen LogP contribution >= 0.6 is 0 Å². The van der Waals surface area contributed by atoms with Crippen molar-refractivity contribution in [2.24, 2.45) is 0 Å². The Morgan fingerprint density at radius 2 is 0.676 bits per heavy atom. The lowest BCUT2D eigenvalue weighted by Crippen LogP contribution is -2.14. The summed E-state index contributed by atoms with van der Waals surface area (Å²) < 4.78 is 206. The van der Waals surface area contributed by atoms with Gasteiger partial charge in [-0.05, 0) is 6.07 Å². The van der Waals surface area contributed by atoms with Crippen molar-refractivity contribution in [3.8, 4) is 22.3 Å². The molecular formula is C19HF15. The zero-order chi connectivity index (χ0) is 26.0. The van der Waals surface area contributed by atoms with Crippen LogP contribution in [0.4, 0.5) is 65.9 Å². The van der Waals surface area contributed by atoms with Crippen molar-refractivity contribution < 1.29 is 65.9 Å². The van der Waals surface area contributed by atoms with Crippen molar-refractivity contribution in [2.45, 2.75) is 6.18 Å². The van der Waals surface area contributed by atoms with E-state index in [0.717, 1.165) is 0 Å². The second-order valence-corrected chi connectivity index (χ2v) is 6.36. The maximum Gasteiger partial charge on any atom is 0.419 e. The van der Waals surface area contributed by atoms with Gasteiger partial charge in [0.15, 0.2) is 64.0 Å². The van der Waals surface area contributed by atoms with Crippen LogP contribution in [0.1, 0.15) is 5.56 Å². The number of benzene rings is 3. The molecule has 182 valence electrons. The van der Waals surface area contributed by atoms with Crippen molar-refractivity contribution in [1.29, 1.82) is 0 Å². The highest BCUT2D eigenvalue weighted by Gasteiger charge is 2.40. The quantitative estimate of drug-likeness (QED) is 0.187. The molecule has 0 bridgehead atoms. The van der Waals surface area contributed by atoms with Crippen molar-refractivity contribution in [1.82, 2.24) is 0 Å². The maximum atomic E-state index is 14.5. The summed E-state index contributed by atoms with van der Waals surface area (Å²) in [7, 11) is 0. The number of alkyl halides is 3. The third-order valence-corrected chi connectivity index (χ3v) is 4.45. The van der Waals surface area contributed by atoms with E-state index >= 15 is 0 Å². The smallest absolute Gasteiger partial charge is 0.203 e. The molecule has 0 fully saturated rings. The van der Waals surface area contributed by atoms with Gasteiger partial charge in [-0.3, -0.25) is 0 Å². The van der Waals surface area contributed by atoms with Crippen LogP contribution in [0.15, 0.2) is 6.07 Å². The minimum absolute atomic E-state index is 0.807. The average molecular weight is 514 g/mol. The zero-order valence-corrected chi connectivity index (χ0v) is 15.2. The molecule has 3 rings (SSSR count). The number of hydrogen-bond acceptors (Lipinski definition) is 0. The third kappa shape index (κ3) is 3.53. The van der Waals surface area contributed by atoms with E-state index in [2.05, 4.69) is 0 Å². The Bertz CT molecular complexity index is 1330. The van der Waals surface area contributed by atoms with Gasteiger partial charge in [-0.25, -0.2) is 52.7 Å². The Morgan fingerprint density at radius 3 is 1.09 bits per heavy atom. The largest absolute Gasteiger partial charge is 0.419 e. The summed E-state index contributed by atoms with van der Waals surface area (Å²) >= 11 is 0. The van der Waals surface area contributed by atoms with E-state index in [9.17, 15) is 65.9 Å². The van der Waals surface area contributed by atoms with E-state index in [1.54, 1.807) is 0 Å². The minimum Gasteiger partial charge on any atom is -0.203 e. The first-order valence-corrected chi connectivity index (χ1v) is 8.16. The van der Waals surface area contributed by atoms with Crippen LogP contribution in [-0.2, 0) is 6.18 Å². The van der Waals surface area contributed by atoms with E-state index < -0.39 is 110 Å². The molecule has 0 amide bonds. The molecule has 0 nitrogen and oxygen atoms in total. The van der Waals surface area contributed by atoms with Gasteiger partial charge in [0.2, 0.25) is 5.82 Å². The first-order valence-electron chi connectivity index (χ1n) is 8.16. The molecule has 0 aliphatic rings. The van der Waals surface area contributed by atoms with Crippen molar-refractivity contribution in [2.75, 3.05) is 0 Å². The fourth-order valence-corrected chi connectivity index (χ4v) is 2.94. The first kappa shape index (κ1) is 25.2. The molecule has 0 unspecified atom stereocenters. The van der Waals surface area contributed by atoms with E-state index in [1.807, 2.05) is 0 Å². The first-order chi connectivity index (χ1) is 15.5. The Hall–Kier alpha value is -3.39. The van der Waals surface area contributed by atoms with E-state index in [0.29, 0.717) is 0 Å². The Kier molecular flexibility index (Phi) is 6.03. The minimum atomic E-state index is -5.88. The summed E-state index contributed by atoms with van der Waals surface area (Å²) in [4.78, 5) is 0. The SMILES string of the molecule is Fc1c(-c2c(F)c(F)c(F)c(F)c2-c2c(F)c(F)c(F)c(F)c2F)cc(C(F)(F)F)c(F)c1F. The second-order valence-electron chi connectivity index (χ2n) is 6.36. The Balaban J connectivity index is 2.66. The van der Waals surface area contributed by atoms with Crippen LogP contribution in [0.25, 0.3) is 22.3 Å². The average Bonchev–Trinajstić information content (AvgIpc) is 2.76. The van der Waals surface area contributed by atoms with Gasteiger partial charge in [0.05, 0.1) is 11.1 Å². The van der Waals surface area contributed by atoms with Crippen LogP contribution in [-0.4, -0.2) is 0 Å². The van der Waals surface area contributed by atoms with Crippen molar-refractivity contribution >= 4 is 0 Å². The van der Waals surface area contributed by atoms with Crippen LogP contribution in [0.3, 0.4) is 0 Å². The number of rotatable bonds is 2. The number of halogens is 15. The molecular weight excluding hydrogens is 513 g/mol.